The van der Waals surface area contributed by atoms with E-state index in [9.17, 15) is 10.1 Å². The van der Waals surface area contributed by atoms with Crippen LogP contribution in [0.25, 0.3) is 11.1 Å². The van der Waals surface area contributed by atoms with E-state index in [0.29, 0.717) is 29.2 Å². The van der Waals surface area contributed by atoms with Gasteiger partial charge in [-0.2, -0.15) is 4.98 Å². The Labute approximate surface area is 121 Å². The predicted octanol–water partition coefficient (Wildman–Crippen LogP) is 2.07. The molecule has 0 saturated carbocycles. The van der Waals surface area contributed by atoms with E-state index >= 15 is 0 Å². The van der Waals surface area contributed by atoms with Crippen LogP contribution in [0.5, 0.6) is 0 Å². The van der Waals surface area contributed by atoms with Crippen molar-refractivity contribution in [2.75, 3.05) is 18.0 Å². The summed E-state index contributed by atoms with van der Waals surface area (Å²) in [6.07, 6.45) is 3.45. The quantitative estimate of drug-likeness (QED) is 0.672. The van der Waals surface area contributed by atoms with Gasteiger partial charge in [0.25, 0.3) is 11.7 Å². The van der Waals surface area contributed by atoms with E-state index in [4.69, 9.17) is 4.42 Å². The van der Waals surface area contributed by atoms with Gasteiger partial charge in [-0.05, 0) is 25.3 Å². The van der Waals surface area contributed by atoms with Crippen molar-refractivity contribution in [1.29, 1.82) is 0 Å². The Hall–Kier alpha value is -2.15. The number of aromatic nitrogens is 1. The zero-order chi connectivity index (χ0) is 14.4. The number of non-ortho nitro benzene ring substituents is 1. The lowest BCUT2D eigenvalue weighted by atomic mass is 10.1. The molecule has 7 nitrogen and oxygen atoms in total. The third kappa shape index (κ3) is 2.13. The first-order valence-corrected chi connectivity index (χ1v) is 7.25. The third-order valence-electron chi connectivity index (χ3n) is 4.38. The summed E-state index contributed by atoms with van der Waals surface area (Å²) in [5.41, 5.74) is 0.804. The van der Waals surface area contributed by atoms with Crippen molar-refractivity contribution in [2.24, 2.45) is 0 Å². The second-order valence-electron chi connectivity index (χ2n) is 5.75. The summed E-state index contributed by atoms with van der Waals surface area (Å²) in [5, 5.41) is 14.7. The highest BCUT2D eigenvalue weighted by atomic mass is 16.6. The number of hydrogen-bond acceptors (Lipinski definition) is 6. The number of hydrogen-bond donors (Lipinski definition) is 1. The number of nitro groups is 1. The lowest BCUT2D eigenvalue weighted by Gasteiger charge is -2.21. The summed E-state index contributed by atoms with van der Waals surface area (Å²) in [5.74, 6) is 0. The van der Waals surface area contributed by atoms with E-state index in [1.165, 1.54) is 18.9 Å². The summed E-state index contributed by atoms with van der Waals surface area (Å²) in [7, 11) is 0. The number of rotatable bonds is 2. The van der Waals surface area contributed by atoms with Crippen LogP contribution in [-0.2, 0) is 0 Å². The largest absolute Gasteiger partial charge is 0.423 e. The molecule has 0 aliphatic carbocycles. The van der Waals surface area contributed by atoms with Crippen LogP contribution in [-0.4, -0.2) is 35.1 Å². The van der Waals surface area contributed by atoms with Crippen LogP contribution in [0.1, 0.15) is 19.3 Å². The summed E-state index contributed by atoms with van der Waals surface area (Å²) in [6, 6.07) is 6.35. The maximum atomic E-state index is 11.1. The summed E-state index contributed by atoms with van der Waals surface area (Å²) >= 11 is 0. The van der Waals surface area contributed by atoms with Crippen LogP contribution >= 0.6 is 0 Å². The average Bonchev–Trinajstić information content (AvgIpc) is 3.01. The number of para-hydroxylation sites is 1. The molecule has 7 heteroatoms. The fourth-order valence-electron chi connectivity index (χ4n) is 3.32. The Morgan fingerprint density at radius 3 is 3.05 bits per heavy atom. The van der Waals surface area contributed by atoms with E-state index in [1.807, 2.05) is 0 Å². The van der Waals surface area contributed by atoms with Crippen molar-refractivity contribution in [2.45, 2.75) is 31.3 Å². The molecule has 2 aromatic rings. The third-order valence-corrected chi connectivity index (χ3v) is 4.38. The first-order chi connectivity index (χ1) is 10.2. The van der Waals surface area contributed by atoms with Gasteiger partial charge in [0.1, 0.15) is 0 Å². The highest BCUT2D eigenvalue weighted by Gasteiger charge is 2.31. The molecule has 0 amide bonds. The molecule has 21 heavy (non-hydrogen) atoms. The van der Waals surface area contributed by atoms with E-state index in [-0.39, 0.29) is 5.69 Å². The average molecular weight is 288 g/mol. The van der Waals surface area contributed by atoms with Crippen molar-refractivity contribution in [3.63, 3.8) is 0 Å². The van der Waals surface area contributed by atoms with Crippen molar-refractivity contribution >= 4 is 22.8 Å². The van der Waals surface area contributed by atoms with Crippen LogP contribution in [0, 0.1) is 10.1 Å². The minimum absolute atomic E-state index is 0.00281. The van der Waals surface area contributed by atoms with Crippen LogP contribution in [0.15, 0.2) is 22.6 Å². The van der Waals surface area contributed by atoms with Gasteiger partial charge in [-0.15, -0.1) is 0 Å². The number of fused-ring (bicyclic) bond motifs is 3. The maximum Gasteiger partial charge on any atom is 0.298 e. The summed E-state index contributed by atoms with van der Waals surface area (Å²) in [4.78, 5) is 17.1. The van der Waals surface area contributed by atoms with Gasteiger partial charge in [-0.3, -0.25) is 10.1 Å². The monoisotopic (exact) mass is 288 g/mol. The van der Waals surface area contributed by atoms with Gasteiger partial charge in [0, 0.05) is 31.2 Å². The van der Waals surface area contributed by atoms with Gasteiger partial charge in [-0.1, -0.05) is 6.07 Å². The first-order valence-electron chi connectivity index (χ1n) is 7.25. The van der Waals surface area contributed by atoms with Crippen molar-refractivity contribution in [3.8, 4) is 0 Å². The van der Waals surface area contributed by atoms with Gasteiger partial charge in [0.2, 0.25) is 0 Å². The molecular weight excluding hydrogens is 272 g/mol. The first kappa shape index (κ1) is 12.6. The normalized spacial score (nSPS) is 25.2. The lowest BCUT2D eigenvalue weighted by molar-refractivity contribution is -0.383. The van der Waals surface area contributed by atoms with Crippen LogP contribution < -0.4 is 10.2 Å². The Morgan fingerprint density at radius 2 is 2.19 bits per heavy atom. The van der Waals surface area contributed by atoms with Crippen LogP contribution in [0.3, 0.4) is 0 Å². The second kappa shape index (κ2) is 4.70. The van der Waals surface area contributed by atoms with Gasteiger partial charge in [-0.25, -0.2) is 0 Å². The predicted molar refractivity (Wildman–Crippen MR) is 77.4 cm³/mol. The van der Waals surface area contributed by atoms with Crippen LogP contribution in [0.4, 0.5) is 11.7 Å². The van der Waals surface area contributed by atoms with Gasteiger partial charge in [0.05, 0.1) is 4.92 Å². The Morgan fingerprint density at radius 1 is 1.33 bits per heavy atom. The zero-order valence-corrected chi connectivity index (χ0v) is 11.5. The SMILES string of the molecule is O=[N+]([O-])c1cccc2oc(N3CCC4CCC(C3)N4)nc12. The number of nitro benzene ring substituents is 1. The molecule has 2 bridgehead atoms. The number of anilines is 1. The maximum absolute atomic E-state index is 11.1. The minimum Gasteiger partial charge on any atom is -0.423 e. The highest BCUT2D eigenvalue weighted by Crippen LogP contribution is 2.30. The standard InChI is InChI=1S/C14H16N4O3/c19-18(20)11-2-1-3-12-13(11)16-14(21-12)17-7-6-9-4-5-10(8-17)15-9/h1-3,9-10,15H,4-8H2. The van der Waals surface area contributed by atoms with Crippen LogP contribution in [0.2, 0.25) is 0 Å². The van der Waals surface area contributed by atoms with E-state index in [2.05, 4.69) is 15.2 Å². The molecule has 110 valence electrons. The second-order valence-corrected chi connectivity index (χ2v) is 5.75. The molecule has 3 heterocycles. The molecule has 0 spiro atoms. The molecule has 2 aliphatic rings. The topological polar surface area (TPSA) is 84.4 Å². The molecule has 4 rings (SSSR count). The summed E-state index contributed by atoms with van der Waals surface area (Å²) in [6.45, 7) is 1.71. The van der Waals surface area contributed by atoms with Crippen molar-refractivity contribution in [1.82, 2.24) is 10.3 Å². The smallest absolute Gasteiger partial charge is 0.298 e. The lowest BCUT2D eigenvalue weighted by Crippen LogP contribution is -2.35. The van der Waals surface area contributed by atoms with E-state index in [0.717, 1.165) is 19.5 Å². The van der Waals surface area contributed by atoms with Crippen molar-refractivity contribution < 1.29 is 9.34 Å². The van der Waals surface area contributed by atoms with Gasteiger partial charge >= 0.3 is 0 Å². The number of benzene rings is 1. The molecule has 1 aromatic carbocycles. The molecule has 0 radical (unpaired) electrons. The van der Waals surface area contributed by atoms with E-state index < -0.39 is 4.92 Å². The Kier molecular flexibility index (Phi) is 2.81. The Balaban J connectivity index is 1.70. The summed E-state index contributed by atoms with van der Waals surface area (Å²) < 4.78 is 5.74. The number of nitrogens with one attached hydrogen (secondary N) is 1. The van der Waals surface area contributed by atoms with Gasteiger partial charge < -0.3 is 14.6 Å². The molecular formula is C14H16N4O3. The fraction of sp³-hybridized carbons (Fsp3) is 0.500. The molecule has 2 atom stereocenters. The van der Waals surface area contributed by atoms with E-state index in [1.54, 1.807) is 12.1 Å². The molecule has 2 aliphatic heterocycles. The van der Waals surface area contributed by atoms with Crippen molar-refractivity contribution in [3.05, 3.63) is 28.3 Å². The van der Waals surface area contributed by atoms with Gasteiger partial charge in [0.15, 0.2) is 11.1 Å². The Bertz CT molecular complexity index is 699. The number of oxazole rings is 1. The number of nitrogens with zero attached hydrogens (tertiary/aromatic N) is 3. The highest BCUT2D eigenvalue weighted by molar-refractivity contribution is 5.84. The minimum atomic E-state index is -0.416. The molecule has 2 fully saturated rings. The molecule has 1 aromatic heterocycles. The molecule has 1 N–H and O–H groups in total. The zero-order valence-electron chi connectivity index (χ0n) is 11.5. The fourth-order valence-corrected chi connectivity index (χ4v) is 3.32. The molecule has 2 saturated heterocycles. The molecule has 2 unspecified atom stereocenters.